The van der Waals surface area contributed by atoms with E-state index in [1.54, 1.807) is 19.1 Å². The van der Waals surface area contributed by atoms with Crippen LogP contribution in [0.25, 0.3) is 0 Å². The predicted octanol–water partition coefficient (Wildman–Crippen LogP) is 2.28. The van der Waals surface area contributed by atoms with Crippen molar-refractivity contribution in [1.82, 2.24) is 9.62 Å². The van der Waals surface area contributed by atoms with E-state index in [0.29, 0.717) is 31.2 Å². The lowest BCUT2D eigenvalue weighted by Crippen LogP contribution is -2.56. The van der Waals surface area contributed by atoms with E-state index >= 15 is 0 Å². The number of hydrogen-bond acceptors (Lipinski definition) is 6. The summed E-state index contributed by atoms with van der Waals surface area (Å²) in [7, 11) is -3.75. The van der Waals surface area contributed by atoms with Crippen LogP contribution in [0.15, 0.2) is 29.2 Å². The molecule has 8 nitrogen and oxygen atoms in total. The van der Waals surface area contributed by atoms with Gasteiger partial charge in [0.2, 0.25) is 15.9 Å². The Bertz CT molecular complexity index is 945. The van der Waals surface area contributed by atoms with E-state index in [9.17, 15) is 22.8 Å². The highest BCUT2D eigenvalue weighted by atomic mass is 32.2. The van der Waals surface area contributed by atoms with E-state index < -0.39 is 15.6 Å². The summed E-state index contributed by atoms with van der Waals surface area (Å²) in [4.78, 5) is 37.0. The molecule has 9 heteroatoms. The molecule has 170 valence electrons. The number of benzene rings is 1. The SMILES string of the molecule is CCOC(=O)C1(NC(=O)C2CCN(S(=O)(=O)c3cccc(C(C)=O)c3)CC2)CCCC1. The van der Waals surface area contributed by atoms with Crippen molar-refractivity contribution in [3.05, 3.63) is 29.8 Å². The summed E-state index contributed by atoms with van der Waals surface area (Å²) in [5, 5.41) is 2.93. The topological polar surface area (TPSA) is 110 Å². The van der Waals surface area contributed by atoms with Crippen LogP contribution in [0, 0.1) is 5.92 Å². The molecule has 1 amide bonds. The first-order chi connectivity index (χ1) is 14.7. The lowest BCUT2D eigenvalue weighted by Gasteiger charge is -2.34. The number of amides is 1. The van der Waals surface area contributed by atoms with Gasteiger partial charge in [-0.3, -0.25) is 9.59 Å². The summed E-state index contributed by atoms with van der Waals surface area (Å²) in [6.07, 6.45) is 3.59. The highest BCUT2D eigenvalue weighted by molar-refractivity contribution is 7.89. The van der Waals surface area contributed by atoms with E-state index in [4.69, 9.17) is 4.74 Å². The lowest BCUT2D eigenvalue weighted by atomic mass is 9.92. The molecule has 1 N–H and O–H groups in total. The second-order valence-electron chi connectivity index (χ2n) is 8.26. The maximum absolute atomic E-state index is 13.0. The van der Waals surface area contributed by atoms with E-state index in [0.717, 1.165) is 12.8 Å². The van der Waals surface area contributed by atoms with Crippen molar-refractivity contribution in [3.8, 4) is 0 Å². The van der Waals surface area contributed by atoms with Crippen LogP contribution in [0.1, 0.15) is 62.7 Å². The smallest absolute Gasteiger partial charge is 0.331 e. The molecule has 0 radical (unpaired) electrons. The average molecular weight is 451 g/mol. The first-order valence-electron chi connectivity index (χ1n) is 10.8. The fraction of sp³-hybridized carbons (Fsp3) is 0.591. The number of ether oxygens (including phenoxy) is 1. The van der Waals surface area contributed by atoms with Crippen LogP contribution in [0.3, 0.4) is 0 Å². The van der Waals surface area contributed by atoms with Gasteiger partial charge in [-0.2, -0.15) is 4.31 Å². The zero-order valence-corrected chi connectivity index (χ0v) is 18.9. The minimum atomic E-state index is -3.75. The van der Waals surface area contributed by atoms with Crippen molar-refractivity contribution < 1.29 is 27.5 Å². The molecule has 1 aliphatic heterocycles. The summed E-state index contributed by atoms with van der Waals surface area (Å²) in [5.41, 5.74) is -0.611. The number of rotatable bonds is 7. The molecule has 0 unspecified atom stereocenters. The van der Waals surface area contributed by atoms with Crippen molar-refractivity contribution in [2.75, 3.05) is 19.7 Å². The third-order valence-corrected chi connectivity index (χ3v) is 8.08. The Morgan fingerprint density at radius 2 is 1.81 bits per heavy atom. The van der Waals surface area contributed by atoms with E-state index in [1.807, 2.05) is 0 Å². The first kappa shape index (κ1) is 23.4. The second-order valence-corrected chi connectivity index (χ2v) is 10.2. The van der Waals surface area contributed by atoms with E-state index in [-0.39, 0.29) is 48.2 Å². The second kappa shape index (κ2) is 9.48. The standard InChI is InChI=1S/C22H30N2O6S/c1-3-30-21(27)22(11-4-5-12-22)23-20(26)17-9-13-24(14-10-17)31(28,29)19-8-6-7-18(15-19)16(2)25/h6-8,15,17H,3-5,9-14H2,1-2H3,(H,23,26). The molecule has 31 heavy (non-hydrogen) atoms. The molecule has 2 aliphatic rings. The van der Waals surface area contributed by atoms with Crippen molar-refractivity contribution in [2.45, 2.75) is 62.8 Å². The molecule has 1 aromatic rings. The fourth-order valence-corrected chi connectivity index (χ4v) is 5.86. The molecule has 2 fully saturated rings. The van der Waals surface area contributed by atoms with Crippen LogP contribution in [0.5, 0.6) is 0 Å². The summed E-state index contributed by atoms with van der Waals surface area (Å²) >= 11 is 0. The quantitative estimate of drug-likeness (QED) is 0.504. The summed E-state index contributed by atoms with van der Waals surface area (Å²) < 4.78 is 32.5. The summed E-state index contributed by atoms with van der Waals surface area (Å²) in [5.74, 6) is -1.16. The number of hydrogen-bond donors (Lipinski definition) is 1. The third-order valence-electron chi connectivity index (χ3n) is 6.19. The Morgan fingerprint density at radius 3 is 2.39 bits per heavy atom. The molecule has 1 saturated heterocycles. The number of nitrogens with zero attached hydrogens (tertiary/aromatic N) is 1. The van der Waals surface area contributed by atoms with Gasteiger partial charge in [-0.15, -0.1) is 0 Å². The zero-order chi connectivity index (χ0) is 22.6. The molecule has 1 aromatic carbocycles. The number of piperidine rings is 1. The Kier molecular flexibility index (Phi) is 7.16. The van der Waals surface area contributed by atoms with Gasteiger partial charge in [0, 0.05) is 24.6 Å². The maximum Gasteiger partial charge on any atom is 0.331 e. The zero-order valence-electron chi connectivity index (χ0n) is 18.1. The maximum atomic E-state index is 13.0. The van der Waals surface area contributed by atoms with Gasteiger partial charge in [0.1, 0.15) is 5.54 Å². The van der Waals surface area contributed by atoms with Gasteiger partial charge in [0.25, 0.3) is 0 Å². The van der Waals surface area contributed by atoms with Gasteiger partial charge in [0.15, 0.2) is 5.78 Å². The minimum absolute atomic E-state index is 0.0790. The Morgan fingerprint density at radius 1 is 1.16 bits per heavy atom. The Hall–Kier alpha value is -2.26. The number of esters is 1. The van der Waals surface area contributed by atoms with Crippen molar-refractivity contribution in [3.63, 3.8) is 0 Å². The van der Waals surface area contributed by atoms with Gasteiger partial charge in [-0.05, 0) is 51.7 Å². The molecule has 1 saturated carbocycles. The molecule has 1 aliphatic carbocycles. The van der Waals surface area contributed by atoms with Crippen LogP contribution < -0.4 is 5.32 Å². The van der Waals surface area contributed by atoms with Gasteiger partial charge in [-0.1, -0.05) is 25.0 Å². The molecule has 1 heterocycles. The molecule has 0 spiro atoms. The van der Waals surface area contributed by atoms with Crippen LogP contribution >= 0.6 is 0 Å². The van der Waals surface area contributed by atoms with E-state index in [1.165, 1.54) is 23.4 Å². The van der Waals surface area contributed by atoms with Crippen molar-refractivity contribution >= 4 is 27.7 Å². The number of sulfonamides is 1. The molecule has 0 atom stereocenters. The van der Waals surface area contributed by atoms with Gasteiger partial charge >= 0.3 is 5.97 Å². The Balaban J connectivity index is 1.65. The van der Waals surface area contributed by atoms with Crippen molar-refractivity contribution in [1.29, 1.82) is 0 Å². The highest BCUT2D eigenvalue weighted by Crippen LogP contribution is 2.32. The summed E-state index contributed by atoms with van der Waals surface area (Å²) in [6.45, 7) is 3.81. The molecule has 0 bridgehead atoms. The monoisotopic (exact) mass is 450 g/mol. The number of ketones is 1. The molecule has 0 aromatic heterocycles. The van der Waals surface area contributed by atoms with Crippen LogP contribution in [-0.4, -0.2) is 55.6 Å². The van der Waals surface area contributed by atoms with Crippen LogP contribution in [0.2, 0.25) is 0 Å². The number of carbonyl (C=O) groups excluding carboxylic acids is 3. The largest absolute Gasteiger partial charge is 0.464 e. The third kappa shape index (κ3) is 4.98. The number of nitrogens with one attached hydrogen (secondary N) is 1. The van der Waals surface area contributed by atoms with Gasteiger partial charge in [0.05, 0.1) is 11.5 Å². The number of carbonyl (C=O) groups is 3. The fourth-order valence-electron chi connectivity index (χ4n) is 4.35. The van der Waals surface area contributed by atoms with E-state index in [2.05, 4.69) is 5.32 Å². The highest BCUT2D eigenvalue weighted by Gasteiger charge is 2.45. The minimum Gasteiger partial charge on any atom is -0.464 e. The van der Waals surface area contributed by atoms with Crippen LogP contribution in [-0.2, 0) is 24.3 Å². The molecular weight excluding hydrogens is 420 g/mol. The van der Waals surface area contributed by atoms with Crippen molar-refractivity contribution in [2.24, 2.45) is 5.92 Å². The Labute approximate surface area is 183 Å². The average Bonchev–Trinajstić information content (AvgIpc) is 3.24. The van der Waals surface area contributed by atoms with Crippen LogP contribution in [0.4, 0.5) is 0 Å². The first-order valence-corrected chi connectivity index (χ1v) is 12.2. The lowest BCUT2D eigenvalue weighted by molar-refractivity contribution is -0.153. The number of Topliss-reactive ketones (excluding diaryl/α,β-unsaturated/α-hetero) is 1. The molecular formula is C22H30N2O6S. The summed E-state index contributed by atoms with van der Waals surface area (Å²) in [6, 6.07) is 6.00. The molecule has 3 rings (SSSR count). The van der Waals surface area contributed by atoms with Gasteiger partial charge in [-0.25, -0.2) is 13.2 Å². The van der Waals surface area contributed by atoms with Gasteiger partial charge < -0.3 is 10.1 Å². The normalized spacial score (nSPS) is 19.7. The predicted molar refractivity (Wildman–Crippen MR) is 114 cm³/mol.